The van der Waals surface area contributed by atoms with E-state index in [1.807, 2.05) is 13.0 Å². The second-order valence-corrected chi connectivity index (χ2v) is 5.85. The molecular weight excluding hydrogens is 275 g/mol. The lowest BCUT2D eigenvalue weighted by Gasteiger charge is -2.07. The highest BCUT2D eigenvalue weighted by atomic mass is 32.2. The first-order chi connectivity index (χ1) is 9.51. The molecule has 0 radical (unpaired) electrons. The van der Waals surface area contributed by atoms with Crippen molar-refractivity contribution in [2.75, 3.05) is 5.73 Å². The number of nitriles is 1. The molecule has 1 unspecified atom stereocenters. The number of nitrogens with zero attached hydrogens (tertiary/aromatic N) is 1. The van der Waals surface area contributed by atoms with Gasteiger partial charge in [-0.2, -0.15) is 5.26 Å². The summed E-state index contributed by atoms with van der Waals surface area (Å²) in [4.78, 5) is 0.142. The smallest absolute Gasteiger partial charge is 0.141 e. The predicted molar refractivity (Wildman–Crippen MR) is 76.8 cm³/mol. The van der Waals surface area contributed by atoms with Gasteiger partial charge < -0.3 is 5.73 Å². The van der Waals surface area contributed by atoms with Gasteiger partial charge in [-0.15, -0.1) is 0 Å². The molecule has 1 atom stereocenters. The molecule has 0 aromatic heterocycles. The van der Waals surface area contributed by atoms with Crippen molar-refractivity contribution in [1.29, 1.82) is 5.26 Å². The van der Waals surface area contributed by atoms with Crippen LogP contribution in [0.3, 0.4) is 0 Å². The van der Waals surface area contributed by atoms with Crippen molar-refractivity contribution in [1.82, 2.24) is 0 Å². The SMILES string of the molecule is Cc1cc(C#N)ccc1CS(=O)c1ccc(N)cc1F. The molecule has 0 saturated carbocycles. The Hall–Kier alpha value is -2.19. The van der Waals surface area contributed by atoms with Crippen molar-refractivity contribution in [2.45, 2.75) is 17.6 Å². The highest BCUT2D eigenvalue weighted by molar-refractivity contribution is 7.84. The second-order valence-electron chi connectivity index (χ2n) is 4.43. The van der Waals surface area contributed by atoms with Gasteiger partial charge in [0.1, 0.15) is 5.82 Å². The van der Waals surface area contributed by atoms with Crippen LogP contribution in [0, 0.1) is 24.1 Å². The zero-order chi connectivity index (χ0) is 14.7. The number of nitrogens with two attached hydrogens (primary N) is 1. The van der Waals surface area contributed by atoms with Gasteiger partial charge >= 0.3 is 0 Å². The zero-order valence-corrected chi connectivity index (χ0v) is 11.7. The molecule has 0 aliphatic rings. The Balaban J connectivity index is 2.26. The first-order valence-corrected chi connectivity index (χ1v) is 7.26. The van der Waals surface area contributed by atoms with E-state index in [0.717, 1.165) is 11.1 Å². The van der Waals surface area contributed by atoms with Gasteiger partial charge in [-0.3, -0.25) is 4.21 Å². The molecule has 0 spiro atoms. The summed E-state index contributed by atoms with van der Waals surface area (Å²) >= 11 is 0. The summed E-state index contributed by atoms with van der Waals surface area (Å²) in [7, 11) is -1.49. The predicted octanol–water partition coefficient (Wildman–Crippen LogP) is 2.90. The molecule has 0 aliphatic carbocycles. The van der Waals surface area contributed by atoms with Gasteiger partial charge in [-0.1, -0.05) is 6.07 Å². The maximum Gasteiger partial charge on any atom is 0.141 e. The average molecular weight is 288 g/mol. The lowest BCUT2D eigenvalue weighted by atomic mass is 10.1. The monoisotopic (exact) mass is 288 g/mol. The number of anilines is 1. The summed E-state index contributed by atoms with van der Waals surface area (Å²) in [6.45, 7) is 1.84. The van der Waals surface area contributed by atoms with E-state index >= 15 is 0 Å². The minimum Gasteiger partial charge on any atom is -0.399 e. The molecule has 2 aromatic carbocycles. The summed E-state index contributed by atoms with van der Waals surface area (Å²) in [5, 5.41) is 8.80. The summed E-state index contributed by atoms with van der Waals surface area (Å²) in [5.74, 6) is -0.354. The Morgan fingerprint density at radius 3 is 2.65 bits per heavy atom. The molecule has 102 valence electrons. The third-order valence-electron chi connectivity index (χ3n) is 2.96. The Kier molecular flexibility index (Phi) is 4.16. The number of nitrogen functional groups attached to an aromatic ring is 1. The summed E-state index contributed by atoms with van der Waals surface area (Å²) < 4.78 is 25.9. The zero-order valence-electron chi connectivity index (χ0n) is 10.9. The average Bonchev–Trinajstić information content (AvgIpc) is 2.40. The van der Waals surface area contributed by atoms with E-state index in [0.29, 0.717) is 11.3 Å². The fourth-order valence-electron chi connectivity index (χ4n) is 1.85. The van der Waals surface area contributed by atoms with E-state index in [1.165, 1.54) is 18.2 Å². The van der Waals surface area contributed by atoms with Crippen LogP contribution in [-0.2, 0) is 16.6 Å². The minimum atomic E-state index is -1.49. The van der Waals surface area contributed by atoms with Gasteiger partial charge in [0.05, 0.1) is 33.1 Å². The van der Waals surface area contributed by atoms with Crippen LogP contribution in [0.25, 0.3) is 0 Å². The van der Waals surface area contributed by atoms with Gasteiger partial charge in [0.25, 0.3) is 0 Å². The first kappa shape index (κ1) is 14.2. The van der Waals surface area contributed by atoms with Crippen molar-refractivity contribution >= 4 is 16.5 Å². The van der Waals surface area contributed by atoms with Crippen molar-refractivity contribution < 1.29 is 8.60 Å². The van der Waals surface area contributed by atoms with Crippen LogP contribution in [0.2, 0.25) is 0 Å². The molecule has 0 bridgehead atoms. The maximum absolute atomic E-state index is 13.7. The van der Waals surface area contributed by atoms with Crippen LogP contribution in [0.1, 0.15) is 16.7 Å². The number of rotatable bonds is 3. The largest absolute Gasteiger partial charge is 0.399 e. The van der Waals surface area contributed by atoms with Crippen molar-refractivity contribution in [3.8, 4) is 6.07 Å². The molecule has 2 aromatic rings. The van der Waals surface area contributed by atoms with E-state index < -0.39 is 16.6 Å². The maximum atomic E-state index is 13.7. The number of hydrogen-bond acceptors (Lipinski definition) is 3. The third-order valence-corrected chi connectivity index (χ3v) is 4.35. The van der Waals surface area contributed by atoms with Gasteiger partial charge in [0.2, 0.25) is 0 Å². The highest BCUT2D eigenvalue weighted by Crippen LogP contribution is 2.20. The number of halogens is 1. The van der Waals surface area contributed by atoms with Crippen molar-refractivity contribution in [3.05, 3.63) is 58.9 Å². The molecule has 0 heterocycles. The minimum absolute atomic E-state index is 0.142. The van der Waals surface area contributed by atoms with E-state index in [9.17, 15) is 8.60 Å². The van der Waals surface area contributed by atoms with Gasteiger partial charge in [-0.25, -0.2) is 4.39 Å². The van der Waals surface area contributed by atoms with Crippen LogP contribution < -0.4 is 5.73 Å². The van der Waals surface area contributed by atoms with Crippen molar-refractivity contribution in [2.24, 2.45) is 0 Å². The molecule has 3 nitrogen and oxygen atoms in total. The first-order valence-electron chi connectivity index (χ1n) is 5.94. The molecule has 2 rings (SSSR count). The normalized spacial score (nSPS) is 11.8. The second kappa shape index (κ2) is 5.85. The van der Waals surface area contributed by atoms with E-state index in [1.54, 1.807) is 18.2 Å². The Morgan fingerprint density at radius 1 is 1.30 bits per heavy atom. The topological polar surface area (TPSA) is 66.9 Å². The molecular formula is C15H13FN2OS. The lowest BCUT2D eigenvalue weighted by molar-refractivity contribution is 0.596. The van der Waals surface area contributed by atoms with Crippen LogP contribution in [0.15, 0.2) is 41.3 Å². The number of aryl methyl sites for hydroxylation is 1. The fraction of sp³-hybridized carbons (Fsp3) is 0.133. The van der Waals surface area contributed by atoms with Crippen LogP contribution in [-0.4, -0.2) is 4.21 Å². The van der Waals surface area contributed by atoms with E-state index in [-0.39, 0.29) is 10.6 Å². The van der Waals surface area contributed by atoms with E-state index in [4.69, 9.17) is 11.0 Å². The molecule has 0 fully saturated rings. The summed E-state index contributed by atoms with van der Waals surface area (Å²) in [5.41, 5.74) is 8.02. The highest BCUT2D eigenvalue weighted by Gasteiger charge is 2.12. The van der Waals surface area contributed by atoms with Gasteiger partial charge in [-0.05, 0) is 48.4 Å². The fourth-order valence-corrected chi connectivity index (χ4v) is 3.11. The van der Waals surface area contributed by atoms with Crippen LogP contribution >= 0.6 is 0 Å². The molecule has 20 heavy (non-hydrogen) atoms. The van der Waals surface area contributed by atoms with Crippen LogP contribution in [0.5, 0.6) is 0 Å². The standard InChI is InChI=1S/C15H13FN2OS/c1-10-6-11(8-17)2-3-12(10)9-20(19)15-5-4-13(18)7-14(15)16/h2-7H,9,18H2,1H3. The lowest BCUT2D eigenvalue weighted by Crippen LogP contribution is -2.02. The number of benzene rings is 2. The molecule has 5 heteroatoms. The number of hydrogen-bond donors (Lipinski definition) is 1. The Bertz CT molecular complexity index is 722. The van der Waals surface area contributed by atoms with Crippen molar-refractivity contribution in [3.63, 3.8) is 0 Å². The quantitative estimate of drug-likeness (QED) is 0.883. The van der Waals surface area contributed by atoms with Gasteiger partial charge in [0, 0.05) is 5.69 Å². The molecule has 0 amide bonds. The Morgan fingerprint density at radius 2 is 2.05 bits per heavy atom. The molecule has 0 aliphatic heterocycles. The summed E-state index contributed by atoms with van der Waals surface area (Å²) in [6, 6.07) is 11.3. The molecule has 0 saturated heterocycles. The Labute approximate surface area is 119 Å². The third kappa shape index (κ3) is 3.03. The van der Waals surface area contributed by atoms with Crippen LogP contribution in [0.4, 0.5) is 10.1 Å². The molecule has 2 N–H and O–H groups in total. The summed E-state index contributed by atoms with van der Waals surface area (Å²) in [6.07, 6.45) is 0. The van der Waals surface area contributed by atoms with E-state index in [2.05, 4.69) is 0 Å². The van der Waals surface area contributed by atoms with Gasteiger partial charge in [0.15, 0.2) is 0 Å².